The van der Waals surface area contributed by atoms with Crippen LogP contribution in [0.2, 0.25) is 0 Å². The van der Waals surface area contributed by atoms with Gasteiger partial charge < -0.3 is 15.4 Å². The van der Waals surface area contributed by atoms with Crippen LogP contribution in [0.1, 0.15) is 52.0 Å². The van der Waals surface area contributed by atoms with Crippen molar-refractivity contribution in [1.29, 1.82) is 0 Å². The summed E-state index contributed by atoms with van der Waals surface area (Å²) in [6, 6.07) is 3.93. The number of pyridine rings is 1. The van der Waals surface area contributed by atoms with E-state index in [0.717, 1.165) is 45.6 Å². The highest BCUT2D eigenvalue weighted by Crippen LogP contribution is 2.41. The van der Waals surface area contributed by atoms with E-state index in [4.69, 9.17) is 10.5 Å². The highest BCUT2D eigenvalue weighted by molar-refractivity contribution is 5.68. The first-order valence-corrected chi connectivity index (χ1v) is 9.65. The summed E-state index contributed by atoms with van der Waals surface area (Å²) in [4.78, 5) is 20.8. The summed E-state index contributed by atoms with van der Waals surface area (Å²) in [5, 5.41) is 0. The molecule has 1 amide bonds. The molecule has 2 saturated heterocycles. The highest BCUT2D eigenvalue weighted by Gasteiger charge is 2.39. The van der Waals surface area contributed by atoms with E-state index < -0.39 is 5.60 Å². The standard InChI is InChI=1S/C20H32N4O2/c1-19(2,3)26-18(25)24-12-8-20(9-13-24)6-10-23(11-7-20)15-16-4-5-17(21)22-14-16/h4-5,14H,6-13,15H2,1-3H3,(H2,21,22). The molecule has 0 unspecified atom stereocenters. The zero-order chi connectivity index (χ0) is 18.8. The molecule has 144 valence electrons. The van der Waals surface area contributed by atoms with Gasteiger partial charge in [-0.3, -0.25) is 4.90 Å². The Morgan fingerprint density at radius 3 is 2.31 bits per heavy atom. The van der Waals surface area contributed by atoms with Gasteiger partial charge in [0.1, 0.15) is 11.4 Å². The fourth-order valence-corrected chi connectivity index (χ4v) is 3.96. The first-order valence-electron chi connectivity index (χ1n) is 9.65. The molecule has 0 radical (unpaired) electrons. The number of carbonyl (C=O) groups is 1. The van der Waals surface area contributed by atoms with Crippen LogP contribution in [0.4, 0.5) is 10.6 Å². The third kappa shape index (κ3) is 4.87. The third-order valence-electron chi connectivity index (χ3n) is 5.65. The van der Waals surface area contributed by atoms with Crippen molar-refractivity contribution in [3.8, 4) is 0 Å². The number of nitrogens with zero attached hydrogens (tertiary/aromatic N) is 3. The number of nitrogen functional groups attached to an aromatic ring is 1. The quantitative estimate of drug-likeness (QED) is 0.876. The van der Waals surface area contributed by atoms with E-state index >= 15 is 0 Å². The van der Waals surface area contributed by atoms with E-state index in [1.807, 2.05) is 37.9 Å². The van der Waals surface area contributed by atoms with Crippen molar-refractivity contribution in [1.82, 2.24) is 14.8 Å². The van der Waals surface area contributed by atoms with E-state index in [9.17, 15) is 4.79 Å². The summed E-state index contributed by atoms with van der Waals surface area (Å²) in [7, 11) is 0. The van der Waals surface area contributed by atoms with Crippen molar-refractivity contribution in [2.75, 3.05) is 31.9 Å². The Morgan fingerprint density at radius 1 is 1.15 bits per heavy atom. The average molecular weight is 361 g/mol. The maximum absolute atomic E-state index is 12.2. The van der Waals surface area contributed by atoms with Gasteiger partial charge in [-0.05, 0) is 76.6 Å². The van der Waals surface area contributed by atoms with Crippen LogP contribution in [0.25, 0.3) is 0 Å². The summed E-state index contributed by atoms with van der Waals surface area (Å²) in [6.45, 7) is 10.5. The normalized spacial score (nSPS) is 21.0. The van der Waals surface area contributed by atoms with Gasteiger partial charge >= 0.3 is 6.09 Å². The molecule has 2 fully saturated rings. The van der Waals surface area contributed by atoms with Gasteiger partial charge in [0, 0.05) is 25.8 Å². The van der Waals surface area contributed by atoms with Gasteiger partial charge in [0.15, 0.2) is 0 Å². The van der Waals surface area contributed by atoms with Gasteiger partial charge in [0.25, 0.3) is 0 Å². The average Bonchev–Trinajstić information content (AvgIpc) is 2.58. The van der Waals surface area contributed by atoms with E-state index in [2.05, 4.69) is 16.0 Å². The molecule has 0 bridgehead atoms. The van der Waals surface area contributed by atoms with Crippen LogP contribution in [0.15, 0.2) is 18.3 Å². The van der Waals surface area contributed by atoms with Crippen LogP contribution in [0, 0.1) is 5.41 Å². The Bertz CT molecular complexity index is 606. The number of anilines is 1. The summed E-state index contributed by atoms with van der Waals surface area (Å²) in [6.07, 6.45) is 6.29. The number of hydrogen-bond acceptors (Lipinski definition) is 5. The third-order valence-corrected chi connectivity index (χ3v) is 5.65. The molecule has 0 atom stereocenters. The summed E-state index contributed by atoms with van der Waals surface area (Å²) >= 11 is 0. The van der Waals surface area contributed by atoms with Crippen molar-refractivity contribution in [3.05, 3.63) is 23.9 Å². The largest absolute Gasteiger partial charge is 0.444 e. The van der Waals surface area contributed by atoms with Crippen LogP contribution in [0.3, 0.4) is 0 Å². The fraction of sp³-hybridized carbons (Fsp3) is 0.700. The van der Waals surface area contributed by atoms with Gasteiger partial charge in [0.2, 0.25) is 0 Å². The number of rotatable bonds is 2. The monoisotopic (exact) mass is 360 g/mol. The van der Waals surface area contributed by atoms with Crippen molar-refractivity contribution in [2.24, 2.45) is 5.41 Å². The first-order chi connectivity index (χ1) is 12.2. The summed E-state index contributed by atoms with van der Waals surface area (Å²) < 4.78 is 5.51. The Morgan fingerprint density at radius 2 is 1.77 bits per heavy atom. The second-order valence-electron chi connectivity index (χ2n) is 8.83. The minimum atomic E-state index is -0.422. The molecule has 3 rings (SSSR count). The highest BCUT2D eigenvalue weighted by atomic mass is 16.6. The molecule has 0 aliphatic carbocycles. The predicted molar refractivity (Wildman–Crippen MR) is 103 cm³/mol. The number of carbonyl (C=O) groups excluding carboxylic acids is 1. The van der Waals surface area contributed by atoms with Crippen LogP contribution in [-0.4, -0.2) is 52.7 Å². The maximum Gasteiger partial charge on any atom is 0.410 e. The second-order valence-corrected chi connectivity index (χ2v) is 8.83. The molecule has 2 aliphatic heterocycles. The topological polar surface area (TPSA) is 71.7 Å². The minimum absolute atomic E-state index is 0.166. The lowest BCUT2D eigenvalue weighted by molar-refractivity contribution is -0.00312. The van der Waals surface area contributed by atoms with Crippen molar-refractivity contribution in [2.45, 2.75) is 58.6 Å². The van der Waals surface area contributed by atoms with Gasteiger partial charge in [-0.15, -0.1) is 0 Å². The van der Waals surface area contributed by atoms with E-state index in [-0.39, 0.29) is 6.09 Å². The van der Waals surface area contributed by atoms with Crippen LogP contribution in [0.5, 0.6) is 0 Å². The lowest BCUT2D eigenvalue weighted by atomic mass is 9.71. The molecular formula is C20H32N4O2. The Kier molecular flexibility index (Phi) is 5.42. The number of nitrogens with two attached hydrogens (primary N) is 1. The molecule has 6 nitrogen and oxygen atoms in total. The molecule has 2 aliphatic rings. The Balaban J connectivity index is 1.46. The number of ether oxygens (including phenoxy) is 1. The molecule has 3 heterocycles. The second kappa shape index (κ2) is 7.43. The number of amides is 1. The van der Waals surface area contributed by atoms with Gasteiger partial charge in [-0.25, -0.2) is 9.78 Å². The summed E-state index contributed by atoms with van der Waals surface area (Å²) in [5.41, 5.74) is 6.85. The van der Waals surface area contributed by atoms with Crippen LogP contribution >= 0.6 is 0 Å². The van der Waals surface area contributed by atoms with E-state index in [0.29, 0.717) is 11.2 Å². The van der Waals surface area contributed by atoms with Crippen molar-refractivity contribution < 1.29 is 9.53 Å². The van der Waals surface area contributed by atoms with Crippen molar-refractivity contribution in [3.63, 3.8) is 0 Å². The summed E-state index contributed by atoms with van der Waals surface area (Å²) in [5.74, 6) is 0.572. The van der Waals surface area contributed by atoms with E-state index in [1.165, 1.54) is 18.4 Å². The van der Waals surface area contributed by atoms with Crippen LogP contribution in [-0.2, 0) is 11.3 Å². The zero-order valence-electron chi connectivity index (χ0n) is 16.3. The molecule has 1 spiro atoms. The molecule has 1 aromatic heterocycles. The SMILES string of the molecule is CC(C)(C)OC(=O)N1CCC2(CCN(Cc3ccc(N)nc3)CC2)CC1. The maximum atomic E-state index is 12.2. The molecule has 1 aromatic rings. The van der Waals surface area contributed by atoms with Crippen LogP contribution < -0.4 is 5.73 Å². The molecule has 6 heteroatoms. The molecule has 0 saturated carbocycles. The number of hydrogen-bond donors (Lipinski definition) is 1. The van der Waals surface area contributed by atoms with Gasteiger partial charge in [0.05, 0.1) is 0 Å². The number of piperidine rings is 2. The lowest BCUT2D eigenvalue weighted by Crippen LogP contribution is -2.49. The molecule has 2 N–H and O–H groups in total. The lowest BCUT2D eigenvalue weighted by Gasteiger charge is -2.46. The van der Waals surface area contributed by atoms with E-state index in [1.54, 1.807) is 0 Å². The van der Waals surface area contributed by atoms with Gasteiger partial charge in [-0.1, -0.05) is 6.07 Å². The van der Waals surface area contributed by atoms with Crippen molar-refractivity contribution >= 4 is 11.9 Å². The number of likely N-dealkylation sites (tertiary alicyclic amines) is 2. The molecule has 26 heavy (non-hydrogen) atoms. The Hall–Kier alpha value is -1.82. The Labute approximate surface area is 156 Å². The fourth-order valence-electron chi connectivity index (χ4n) is 3.96. The van der Waals surface area contributed by atoms with Gasteiger partial charge in [-0.2, -0.15) is 0 Å². The zero-order valence-corrected chi connectivity index (χ0v) is 16.3. The smallest absolute Gasteiger partial charge is 0.410 e. The molecular weight excluding hydrogens is 328 g/mol. The first kappa shape index (κ1) is 19.0. The predicted octanol–water partition coefficient (Wildman–Crippen LogP) is 3.28. The minimum Gasteiger partial charge on any atom is -0.444 e. The molecule has 0 aromatic carbocycles. The number of aromatic nitrogens is 1.